The number of nitrogens with one attached hydrogen (secondary N) is 1. The molecule has 6 rings (SSSR count). The molecule has 1 aliphatic heterocycles. The molecule has 0 radical (unpaired) electrons. The smallest absolute Gasteiger partial charge is 0.378 e. The number of amides is 1. The molecule has 0 spiro atoms. The number of carbonyl (C=O) groups is 1. The number of aromatic amines is 1. The lowest BCUT2D eigenvalue weighted by Gasteiger charge is -2.30. The number of carbonyl (C=O) groups excluding carboxylic acids is 1. The van der Waals surface area contributed by atoms with Crippen LogP contribution >= 0.6 is 0 Å². The highest BCUT2D eigenvalue weighted by Crippen LogP contribution is 2.52. The molecule has 0 saturated heterocycles. The van der Waals surface area contributed by atoms with Crippen molar-refractivity contribution in [2.24, 2.45) is 0 Å². The molecule has 0 bridgehead atoms. The van der Waals surface area contributed by atoms with Gasteiger partial charge in [0.25, 0.3) is 11.5 Å². The number of aromatic nitrogens is 2. The molecule has 1 fully saturated rings. The summed E-state index contributed by atoms with van der Waals surface area (Å²) in [6.45, 7) is 0.174. The summed E-state index contributed by atoms with van der Waals surface area (Å²) in [6, 6.07) is 17.3. The minimum atomic E-state index is -4.50. The third kappa shape index (κ3) is 5.04. The Bertz CT molecular complexity index is 1710. The van der Waals surface area contributed by atoms with Crippen LogP contribution in [0.3, 0.4) is 0 Å². The second-order valence-corrected chi connectivity index (χ2v) is 10.5. The molecule has 41 heavy (non-hydrogen) atoms. The molecular formula is C31H25F4N3O3. The predicted molar refractivity (Wildman–Crippen MR) is 142 cm³/mol. The zero-order chi connectivity index (χ0) is 28.9. The molecule has 2 heterocycles. The first-order valence-electron chi connectivity index (χ1n) is 13.2. The summed E-state index contributed by atoms with van der Waals surface area (Å²) in [7, 11) is 0. The molecule has 1 unspecified atom stereocenters. The standard InChI is InChI=1S/C31H25F4N3O3/c32-23-9-3-7-21(16-23)30(11-12-30)29-36-25-10-13-38(17-24(25)27(40)37-29)28(41)26(39)20-6-1-4-18(14-20)19-5-2-8-22(15-19)31(33,34)35/h1-9,14-16,26,39H,10-13,17H2,(H,36,37,40). The number of H-pyrrole nitrogens is 1. The molecule has 210 valence electrons. The molecule has 1 aliphatic carbocycles. The Hall–Kier alpha value is -4.31. The van der Waals surface area contributed by atoms with Crippen molar-refractivity contribution in [3.8, 4) is 11.1 Å². The fourth-order valence-electron chi connectivity index (χ4n) is 5.49. The summed E-state index contributed by atoms with van der Waals surface area (Å²) >= 11 is 0. The van der Waals surface area contributed by atoms with Gasteiger partial charge < -0.3 is 15.0 Å². The maximum atomic E-state index is 13.9. The number of rotatable bonds is 5. The van der Waals surface area contributed by atoms with E-state index in [1.165, 1.54) is 41.3 Å². The third-order valence-electron chi connectivity index (χ3n) is 7.92. The van der Waals surface area contributed by atoms with Gasteiger partial charge in [-0.2, -0.15) is 13.2 Å². The summed E-state index contributed by atoms with van der Waals surface area (Å²) in [5, 5.41) is 10.9. The number of hydrogen-bond acceptors (Lipinski definition) is 4. The third-order valence-corrected chi connectivity index (χ3v) is 7.92. The highest BCUT2D eigenvalue weighted by Gasteiger charge is 2.49. The van der Waals surface area contributed by atoms with Crippen molar-refractivity contribution < 1.29 is 27.5 Å². The van der Waals surface area contributed by atoms with Gasteiger partial charge in [-0.25, -0.2) is 9.37 Å². The fourth-order valence-corrected chi connectivity index (χ4v) is 5.49. The Labute approximate surface area is 232 Å². The highest BCUT2D eigenvalue weighted by atomic mass is 19.4. The van der Waals surface area contributed by atoms with Crippen LogP contribution < -0.4 is 5.56 Å². The van der Waals surface area contributed by atoms with Crippen molar-refractivity contribution >= 4 is 5.91 Å². The first-order chi connectivity index (χ1) is 19.5. The summed E-state index contributed by atoms with van der Waals surface area (Å²) < 4.78 is 53.4. The summed E-state index contributed by atoms with van der Waals surface area (Å²) in [5.74, 6) is -0.501. The topological polar surface area (TPSA) is 86.3 Å². The molecule has 1 amide bonds. The van der Waals surface area contributed by atoms with Crippen LogP contribution in [0.1, 0.15) is 52.7 Å². The van der Waals surface area contributed by atoms with E-state index in [0.717, 1.165) is 30.5 Å². The van der Waals surface area contributed by atoms with Crippen molar-refractivity contribution in [1.82, 2.24) is 14.9 Å². The van der Waals surface area contributed by atoms with Crippen LogP contribution in [0.2, 0.25) is 0 Å². The molecule has 1 saturated carbocycles. The molecule has 1 atom stereocenters. The number of benzene rings is 3. The number of aliphatic hydroxyl groups is 1. The Morgan fingerprint density at radius 1 is 1.00 bits per heavy atom. The van der Waals surface area contributed by atoms with Crippen LogP contribution in [0.15, 0.2) is 77.6 Å². The maximum Gasteiger partial charge on any atom is 0.416 e. The number of halogens is 4. The van der Waals surface area contributed by atoms with Crippen LogP contribution in [-0.2, 0) is 29.4 Å². The van der Waals surface area contributed by atoms with E-state index in [1.807, 2.05) is 6.07 Å². The summed E-state index contributed by atoms with van der Waals surface area (Å²) in [5.41, 5.74) is 0.876. The Morgan fingerprint density at radius 3 is 2.41 bits per heavy atom. The largest absolute Gasteiger partial charge is 0.416 e. The van der Waals surface area contributed by atoms with Gasteiger partial charge in [-0.05, 0) is 65.4 Å². The average molecular weight is 564 g/mol. The summed E-state index contributed by atoms with van der Waals surface area (Å²) in [6.07, 6.45) is -4.31. The normalized spacial score (nSPS) is 16.7. The molecule has 2 aliphatic rings. The number of alkyl halides is 3. The quantitative estimate of drug-likeness (QED) is 0.323. The van der Waals surface area contributed by atoms with Crippen molar-refractivity contribution in [3.63, 3.8) is 0 Å². The SMILES string of the molecule is O=C(C(O)c1cccc(-c2cccc(C(F)(F)F)c2)c1)N1CCc2nc(C3(c4cccc(F)c4)CC3)[nH]c(=O)c2C1. The molecule has 2 N–H and O–H groups in total. The molecule has 10 heteroatoms. The maximum absolute atomic E-state index is 13.9. The Morgan fingerprint density at radius 2 is 1.71 bits per heavy atom. The second-order valence-electron chi connectivity index (χ2n) is 10.5. The van der Waals surface area contributed by atoms with Crippen molar-refractivity contribution in [1.29, 1.82) is 0 Å². The number of fused-ring (bicyclic) bond motifs is 1. The Kier molecular flexibility index (Phi) is 6.53. The van der Waals surface area contributed by atoms with Crippen LogP contribution in [0.5, 0.6) is 0 Å². The van der Waals surface area contributed by atoms with E-state index in [0.29, 0.717) is 34.6 Å². The van der Waals surface area contributed by atoms with Gasteiger partial charge in [-0.3, -0.25) is 9.59 Å². The van der Waals surface area contributed by atoms with E-state index in [2.05, 4.69) is 4.98 Å². The van der Waals surface area contributed by atoms with E-state index in [1.54, 1.807) is 18.2 Å². The van der Waals surface area contributed by atoms with Gasteiger partial charge in [0.05, 0.1) is 28.8 Å². The number of nitrogens with zero attached hydrogens (tertiary/aromatic N) is 2. The molecule has 3 aromatic carbocycles. The van der Waals surface area contributed by atoms with Crippen molar-refractivity contribution in [2.75, 3.05) is 6.54 Å². The van der Waals surface area contributed by atoms with Gasteiger partial charge in [0.1, 0.15) is 11.6 Å². The molecule has 4 aromatic rings. The number of hydrogen-bond donors (Lipinski definition) is 2. The zero-order valence-corrected chi connectivity index (χ0v) is 21.7. The van der Waals surface area contributed by atoms with Crippen molar-refractivity contribution in [3.05, 3.63) is 123 Å². The minimum absolute atomic E-state index is 0.0475. The van der Waals surface area contributed by atoms with Crippen LogP contribution in [-0.4, -0.2) is 32.4 Å². The van der Waals surface area contributed by atoms with E-state index < -0.39 is 29.2 Å². The van der Waals surface area contributed by atoms with Gasteiger partial charge in [-0.15, -0.1) is 0 Å². The molecule has 6 nitrogen and oxygen atoms in total. The van der Waals surface area contributed by atoms with E-state index in [-0.39, 0.29) is 30.0 Å². The van der Waals surface area contributed by atoms with Gasteiger partial charge >= 0.3 is 6.18 Å². The van der Waals surface area contributed by atoms with Gasteiger partial charge in [-0.1, -0.05) is 42.5 Å². The van der Waals surface area contributed by atoms with Crippen molar-refractivity contribution in [2.45, 2.75) is 43.5 Å². The first-order valence-corrected chi connectivity index (χ1v) is 13.2. The van der Waals surface area contributed by atoms with E-state index in [9.17, 15) is 32.3 Å². The van der Waals surface area contributed by atoms with Gasteiger partial charge in [0.2, 0.25) is 0 Å². The van der Waals surface area contributed by atoms with Gasteiger partial charge in [0.15, 0.2) is 6.10 Å². The predicted octanol–water partition coefficient (Wildman–Crippen LogP) is 5.29. The number of aliphatic hydroxyl groups excluding tert-OH is 1. The summed E-state index contributed by atoms with van der Waals surface area (Å²) in [4.78, 5) is 35.3. The first kappa shape index (κ1) is 26.9. The van der Waals surface area contributed by atoms with Gasteiger partial charge in [0, 0.05) is 13.0 Å². The van der Waals surface area contributed by atoms with E-state index in [4.69, 9.17) is 4.98 Å². The monoisotopic (exact) mass is 563 g/mol. The highest BCUT2D eigenvalue weighted by molar-refractivity contribution is 5.83. The Balaban J connectivity index is 1.22. The zero-order valence-electron chi connectivity index (χ0n) is 21.7. The van der Waals surface area contributed by atoms with Crippen LogP contribution in [0.4, 0.5) is 17.6 Å². The average Bonchev–Trinajstić information content (AvgIpc) is 3.78. The van der Waals surface area contributed by atoms with Crippen LogP contribution in [0, 0.1) is 5.82 Å². The molecule has 1 aromatic heterocycles. The second kappa shape index (κ2) is 9.95. The molecular weight excluding hydrogens is 538 g/mol. The van der Waals surface area contributed by atoms with Crippen LogP contribution in [0.25, 0.3) is 11.1 Å². The lowest BCUT2D eigenvalue weighted by atomic mass is 9.94. The fraction of sp³-hybridized carbons (Fsp3) is 0.258. The van der Waals surface area contributed by atoms with E-state index >= 15 is 0 Å². The lowest BCUT2D eigenvalue weighted by molar-refractivity contribution is -0.141. The lowest BCUT2D eigenvalue weighted by Crippen LogP contribution is -2.42. The minimum Gasteiger partial charge on any atom is -0.378 e.